The van der Waals surface area contributed by atoms with E-state index in [0.717, 1.165) is 32.9 Å². The van der Waals surface area contributed by atoms with Gasteiger partial charge in [0, 0.05) is 16.8 Å². The molecule has 0 aliphatic rings. The van der Waals surface area contributed by atoms with E-state index in [4.69, 9.17) is 0 Å². The Labute approximate surface area is 183 Å². The smallest absolute Gasteiger partial charge is 0.237 e. The number of anilines is 3. The molecular formula is C23H22N4OS2. The molecule has 0 aliphatic heterocycles. The third kappa shape index (κ3) is 4.80. The predicted molar refractivity (Wildman–Crippen MR) is 127 cm³/mol. The maximum absolute atomic E-state index is 12.7. The summed E-state index contributed by atoms with van der Waals surface area (Å²) >= 11 is 2.85. The molecule has 4 rings (SSSR count). The van der Waals surface area contributed by atoms with Gasteiger partial charge in [0.25, 0.3) is 0 Å². The van der Waals surface area contributed by atoms with Crippen LogP contribution in [0.4, 0.5) is 16.5 Å². The molecule has 0 radical (unpaired) electrons. The maximum Gasteiger partial charge on any atom is 0.237 e. The minimum atomic E-state index is -0.298. The number of nitrogens with one attached hydrogen (secondary N) is 2. The van der Waals surface area contributed by atoms with Crippen LogP contribution in [0.15, 0.2) is 71.1 Å². The molecule has 0 spiro atoms. The number of benzene rings is 3. The largest absolute Gasteiger partial charge is 0.330 e. The molecule has 4 aromatic rings. The van der Waals surface area contributed by atoms with Crippen molar-refractivity contribution in [1.29, 1.82) is 0 Å². The lowest BCUT2D eigenvalue weighted by Crippen LogP contribution is -2.22. The lowest BCUT2D eigenvalue weighted by Gasteiger charge is -2.12. The Morgan fingerprint density at radius 1 is 1.03 bits per heavy atom. The maximum atomic E-state index is 12.7. The Balaban J connectivity index is 1.38. The molecule has 0 fully saturated rings. The van der Waals surface area contributed by atoms with E-state index in [1.54, 1.807) is 0 Å². The Kier molecular flexibility index (Phi) is 6.30. The van der Waals surface area contributed by atoms with Crippen LogP contribution in [0.2, 0.25) is 0 Å². The number of nitrogens with zero attached hydrogens (tertiary/aromatic N) is 2. The van der Waals surface area contributed by atoms with E-state index in [2.05, 4.69) is 39.9 Å². The number of thioether (sulfide) groups is 1. The molecular weight excluding hydrogens is 412 g/mol. The monoisotopic (exact) mass is 434 g/mol. The first-order valence-electron chi connectivity index (χ1n) is 9.77. The Bertz CT molecular complexity index is 1150. The van der Waals surface area contributed by atoms with E-state index >= 15 is 0 Å². The molecule has 3 aromatic carbocycles. The van der Waals surface area contributed by atoms with Crippen LogP contribution in [0.3, 0.4) is 0 Å². The van der Waals surface area contributed by atoms with Crippen LogP contribution in [0.25, 0.3) is 10.8 Å². The summed E-state index contributed by atoms with van der Waals surface area (Å²) in [6.07, 6.45) is 1.01. The van der Waals surface area contributed by atoms with Gasteiger partial charge in [0.05, 0.1) is 5.25 Å². The predicted octanol–water partition coefficient (Wildman–Crippen LogP) is 6.12. The van der Waals surface area contributed by atoms with Crippen molar-refractivity contribution in [3.05, 3.63) is 72.3 Å². The van der Waals surface area contributed by atoms with E-state index in [0.29, 0.717) is 5.13 Å². The summed E-state index contributed by atoms with van der Waals surface area (Å²) in [4.78, 5) is 12.7. The van der Waals surface area contributed by atoms with Crippen LogP contribution in [-0.2, 0) is 11.2 Å². The molecule has 1 heterocycles. The lowest BCUT2D eigenvalue weighted by molar-refractivity contribution is -0.115. The highest BCUT2D eigenvalue weighted by molar-refractivity contribution is 8.02. The van der Waals surface area contributed by atoms with Crippen molar-refractivity contribution in [2.75, 3.05) is 10.6 Å². The summed E-state index contributed by atoms with van der Waals surface area (Å²) in [5.74, 6) is -0.0591. The van der Waals surface area contributed by atoms with Crippen molar-refractivity contribution in [2.45, 2.75) is 29.9 Å². The van der Waals surface area contributed by atoms with Crippen LogP contribution in [0.5, 0.6) is 0 Å². The Morgan fingerprint density at radius 3 is 2.60 bits per heavy atom. The Morgan fingerprint density at radius 2 is 1.80 bits per heavy atom. The van der Waals surface area contributed by atoms with Gasteiger partial charge in [-0.1, -0.05) is 78.6 Å². The lowest BCUT2D eigenvalue weighted by atomic mass is 10.1. The van der Waals surface area contributed by atoms with Gasteiger partial charge in [-0.15, -0.1) is 10.2 Å². The molecule has 0 unspecified atom stereocenters. The number of amides is 1. The summed E-state index contributed by atoms with van der Waals surface area (Å²) in [6, 6.07) is 22.2. The van der Waals surface area contributed by atoms with E-state index < -0.39 is 0 Å². The van der Waals surface area contributed by atoms with Gasteiger partial charge < -0.3 is 10.6 Å². The second-order valence-electron chi connectivity index (χ2n) is 6.82. The fraction of sp³-hybridized carbons (Fsp3) is 0.174. The van der Waals surface area contributed by atoms with Crippen molar-refractivity contribution < 1.29 is 4.79 Å². The molecule has 0 aliphatic carbocycles. The number of carbonyl (C=O) groups excluding carboxylic acids is 1. The molecule has 1 atom stereocenters. The summed E-state index contributed by atoms with van der Waals surface area (Å²) in [6.45, 7) is 4.01. The van der Waals surface area contributed by atoms with Gasteiger partial charge in [0.1, 0.15) is 0 Å². The highest BCUT2D eigenvalue weighted by atomic mass is 32.2. The van der Waals surface area contributed by atoms with Gasteiger partial charge in [-0.3, -0.25) is 4.79 Å². The normalized spacial score (nSPS) is 11.9. The number of fused-ring (bicyclic) bond motifs is 1. The molecule has 0 saturated carbocycles. The molecule has 2 N–H and O–H groups in total. The average molecular weight is 435 g/mol. The highest BCUT2D eigenvalue weighted by Gasteiger charge is 2.18. The van der Waals surface area contributed by atoms with Gasteiger partial charge >= 0.3 is 0 Å². The van der Waals surface area contributed by atoms with Gasteiger partial charge in [0.2, 0.25) is 11.0 Å². The average Bonchev–Trinajstić information content (AvgIpc) is 3.21. The molecule has 152 valence electrons. The second kappa shape index (κ2) is 9.28. The first-order chi connectivity index (χ1) is 14.6. The number of aryl methyl sites for hydroxylation is 1. The molecule has 0 saturated heterocycles. The number of rotatable bonds is 7. The number of hydrogen-bond donors (Lipinski definition) is 2. The highest BCUT2D eigenvalue weighted by Crippen LogP contribution is 2.31. The number of aromatic nitrogens is 2. The third-order valence-electron chi connectivity index (χ3n) is 4.71. The van der Waals surface area contributed by atoms with Crippen molar-refractivity contribution >= 4 is 56.3 Å². The zero-order valence-corrected chi connectivity index (χ0v) is 18.4. The van der Waals surface area contributed by atoms with Crippen LogP contribution in [0.1, 0.15) is 19.4 Å². The zero-order valence-electron chi connectivity index (χ0n) is 16.8. The van der Waals surface area contributed by atoms with Crippen molar-refractivity contribution in [1.82, 2.24) is 10.2 Å². The first-order valence-corrected chi connectivity index (χ1v) is 11.5. The van der Waals surface area contributed by atoms with Crippen LogP contribution in [-0.4, -0.2) is 21.4 Å². The quantitative estimate of drug-likeness (QED) is 0.343. The molecule has 1 amide bonds. The molecule has 5 nitrogen and oxygen atoms in total. The van der Waals surface area contributed by atoms with Crippen molar-refractivity contribution in [3.8, 4) is 0 Å². The SMILES string of the molecule is CCc1ccc(Nc2nnc(S[C@H](C)C(=O)Nc3cccc4ccccc34)s2)cc1. The number of hydrogen-bond acceptors (Lipinski definition) is 6. The third-order valence-corrected chi connectivity index (χ3v) is 6.74. The molecule has 1 aromatic heterocycles. The van der Waals surface area contributed by atoms with Crippen LogP contribution >= 0.6 is 23.1 Å². The van der Waals surface area contributed by atoms with Crippen LogP contribution in [0, 0.1) is 0 Å². The molecule has 30 heavy (non-hydrogen) atoms. The fourth-order valence-electron chi connectivity index (χ4n) is 3.03. The van der Waals surface area contributed by atoms with E-state index in [1.165, 1.54) is 28.7 Å². The fourth-order valence-corrected chi connectivity index (χ4v) is 4.94. The minimum Gasteiger partial charge on any atom is -0.330 e. The van der Waals surface area contributed by atoms with E-state index in [9.17, 15) is 4.79 Å². The summed E-state index contributed by atoms with van der Waals surface area (Å²) < 4.78 is 0.753. The van der Waals surface area contributed by atoms with Gasteiger partial charge in [-0.25, -0.2) is 0 Å². The molecule has 7 heteroatoms. The molecule has 0 bridgehead atoms. The van der Waals surface area contributed by atoms with Gasteiger partial charge in [-0.2, -0.15) is 0 Å². The number of carbonyl (C=O) groups is 1. The first kappa shape index (κ1) is 20.4. The van der Waals surface area contributed by atoms with Crippen molar-refractivity contribution in [3.63, 3.8) is 0 Å². The topological polar surface area (TPSA) is 66.9 Å². The summed E-state index contributed by atoms with van der Waals surface area (Å²) in [5.41, 5.74) is 3.09. The van der Waals surface area contributed by atoms with E-state index in [1.807, 2.05) is 61.5 Å². The standard InChI is InChI=1S/C23H22N4OS2/c1-3-16-11-13-18(14-12-16)24-22-26-27-23(30-22)29-15(2)21(28)25-20-10-6-8-17-7-4-5-9-19(17)20/h4-15H,3H2,1-2H3,(H,24,26)(H,25,28)/t15-/m1/s1. The van der Waals surface area contributed by atoms with Crippen LogP contribution < -0.4 is 10.6 Å². The second-order valence-corrected chi connectivity index (χ2v) is 9.39. The minimum absolute atomic E-state index is 0.0591. The van der Waals surface area contributed by atoms with Gasteiger partial charge in [-0.05, 0) is 42.5 Å². The zero-order chi connectivity index (χ0) is 20.9. The van der Waals surface area contributed by atoms with Crippen molar-refractivity contribution in [2.24, 2.45) is 0 Å². The summed E-state index contributed by atoms with van der Waals surface area (Å²) in [5, 5.41) is 17.3. The van der Waals surface area contributed by atoms with Gasteiger partial charge in [0.15, 0.2) is 4.34 Å². The Hall–Kier alpha value is -2.90. The summed E-state index contributed by atoms with van der Waals surface area (Å²) in [7, 11) is 0. The van der Waals surface area contributed by atoms with E-state index in [-0.39, 0.29) is 11.2 Å².